The first-order valence-corrected chi connectivity index (χ1v) is 8.57. The summed E-state index contributed by atoms with van der Waals surface area (Å²) in [5.41, 5.74) is 6.08. The average molecular weight is 327 g/mol. The van der Waals surface area contributed by atoms with E-state index in [9.17, 15) is 0 Å². The van der Waals surface area contributed by atoms with Crippen molar-refractivity contribution in [3.05, 3.63) is 52.8 Å². The SMILES string of the molecule is Cc1c(C)n(CCC(C)C)c2c(-c3ccc(Cl)cc3)nccc12. The molecule has 0 aliphatic rings. The summed E-state index contributed by atoms with van der Waals surface area (Å²) in [7, 11) is 0. The third kappa shape index (κ3) is 3.00. The van der Waals surface area contributed by atoms with Gasteiger partial charge in [0.1, 0.15) is 0 Å². The second-order valence-corrected chi connectivity index (χ2v) is 7.04. The number of aromatic nitrogens is 2. The second kappa shape index (κ2) is 6.37. The summed E-state index contributed by atoms with van der Waals surface area (Å²) in [6.45, 7) is 9.98. The van der Waals surface area contributed by atoms with E-state index in [0.29, 0.717) is 5.92 Å². The predicted molar refractivity (Wildman–Crippen MR) is 99.1 cm³/mol. The Kier molecular flexibility index (Phi) is 4.45. The molecule has 3 heteroatoms. The molecule has 1 aromatic carbocycles. The summed E-state index contributed by atoms with van der Waals surface area (Å²) in [6, 6.07) is 10.1. The quantitative estimate of drug-likeness (QED) is 0.573. The van der Waals surface area contributed by atoms with E-state index in [0.717, 1.165) is 22.8 Å². The van der Waals surface area contributed by atoms with E-state index in [2.05, 4.69) is 55.4 Å². The number of hydrogen-bond donors (Lipinski definition) is 0. The van der Waals surface area contributed by atoms with Crippen molar-refractivity contribution in [3.63, 3.8) is 0 Å². The van der Waals surface area contributed by atoms with Crippen LogP contribution in [-0.2, 0) is 6.54 Å². The van der Waals surface area contributed by atoms with Gasteiger partial charge < -0.3 is 4.57 Å². The Hall–Kier alpha value is -1.80. The Morgan fingerprint density at radius 1 is 1.09 bits per heavy atom. The van der Waals surface area contributed by atoms with Crippen molar-refractivity contribution in [2.45, 2.75) is 40.7 Å². The molecule has 3 rings (SSSR count). The minimum absolute atomic E-state index is 0.683. The van der Waals surface area contributed by atoms with Crippen LogP contribution < -0.4 is 0 Å². The number of aryl methyl sites for hydroxylation is 2. The fourth-order valence-electron chi connectivity index (χ4n) is 3.08. The highest BCUT2D eigenvalue weighted by Crippen LogP contribution is 2.33. The molecule has 3 aromatic rings. The smallest absolute Gasteiger partial charge is 0.0944 e. The van der Waals surface area contributed by atoms with Crippen molar-refractivity contribution in [1.82, 2.24) is 9.55 Å². The molecule has 23 heavy (non-hydrogen) atoms. The van der Waals surface area contributed by atoms with E-state index >= 15 is 0 Å². The minimum atomic E-state index is 0.683. The zero-order chi connectivity index (χ0) is 16.6. The molecule has 0 amide bonds. The zero-order valence-electron chi connectivity index (χ0n) is 14.2. The Balaban J connectivity index is 2.22. The Labute approximate surface area is 143 Å². The van der Waals surface area contributed by atoms with Gasteiger partial charge in [-0.3, -0.25) is 4.98 Å². The average Bonchev–Trinajstić information content (AvgIpc) is 2.78. The van der Waals surface area contributed by atoms with E-state index in [-0.39, 0.29) is 0 Å². The van der Waals surface area contributed by atoms with Crippen LogP contribution in [0, 0.1) is 19.8 Å². The van der Waals surface area contributed by atoms with Crippen LogP contribution in [0.4, 0.5) is 0 Å². The van der Waals surface area contributed by atoms with Gasteiger partial charge >= 0.3 is 0 Å². The van der Waals surface area contributed by atoms with Crippen molar-refractivity contribution >= 4 is 22.5 Å². The number of hydrogen-bond acceptors (Lipinski definition) is 1. The minimum Gasteiger partial charge on any atom is -0.343 e. The predicted octanol–water partition coefficient (Wildman–Crippen LogP) is 6.02. The molecule has 2 nitrogen and oxygen atoms in total. The van der Waals surface area contributed by atoms with Gasteiger partial charge in [-0.2, -0.15) is 0 Å². The molecule has 0 aliphatic heterocycles. The van der Waals surface area contributed by atoms with E-state index < -0.39 is 0 Å². The number of benzene rings is 1. The highest BCUT2D eigenvalue weighted by Gasteiger charge is 2.16. The van der Waals surface area contributed by atoms with Crippen LogP contribution in [0.5, 0.6) is 0 Å². The molecule has 0 aliphatic carbocycles. The highest BCUT2D eigenvalue weighted by atomic mass is 35.5. The zero-order valence-corrected chi connectivity index (χ0v) is 15.0. The fourth-order valence-corrected chi connectivity index (χ4v) is 3.21. The van der Waals surface area contributed by atoms with Gasteiger partial charge in [0.25, 0.3) is 0 Å². The number of nitrogens with zero attached hydrogens (tertiary/aromatic N) is 2. The van der Waals surface area contributed by atoms with Crippen molar-refractivity contribution in [2.75, 3.05) is 0 Å². The van der Waals surface area contributed by atoms with Gasteiger partial charge in [0.05, 0.1) is 11.2 Å². The lowest BCUT2D eigenvalue weighted by Crippen LogP contribution is -2.04. The van der Waals surface area contributed by atoms with E-state index in [1.165, 1.54) is 28.6 Å². The monoisotopic (exact) mass is 326 g/mol. The van der Waals surface area contributed by atoms with Gasteiger partial charge in [-0.1, -0.05) is 37.6 Å². The number of pyridine rings is 1. The lowest BCUT2D eigenvalue weighted by atomic mass is 10.1. The third-order valence-corrected chi connectivity index (χ3v) is 4.85. The summed E-state index contributed by atoms with van der Waals surface area (Å²) < 4.78 is 2.43. The van der Waals surface area contributed by atoms with Gasteiger partial charge in [-0.25, -0.2) is 0 Å². The first-order chi connectivity index (χ1) is 11.0. The molecule has 0 saturated heterocycles. The molecule has 2 aromatic heterocycles. The molecule has 120 valence electrons. The summed E-state index contributed by atoms with van der Waals surface area (Å²) >= 11 is 6.04. The van der Waals surface area contributed by atoms with E-state index in [4.69, 9.17) is 11.6 Å². The normalized spacial score (nSPS) is 11.6. The van der Waals surface area contributed by atoms with Gasteiger partial charge in [0, 0.05) is 34.4 Å². The molecule has 2 heterocycles. The van der Waals surface area contributed by atoms with Crippen LogP contribution in [0.15, 0.2) is 36.5 Å². The van der Waals surface area contributed by atoms with Crippen LogP contribution in [0.2, 0.25) is 5.02 Å². The molecule has 0 N–H and O–H groups in total. The molecular formula is C20H23ClN2. The van der Waals surface area contributed by atoms with Gasteiger partial charge in [0.15, 0.2) is 0 Å². The Bertz CT molecular complexity index is 829. The molecule has 0 fully saturated rings. The van der Waals surface area contributed by atoms with Crippen LogP contribution in [0.3, 0.4) is 0 Å². The summed E-state index contributed by atoms with van der Waals surface area (Å²) in [5.74, 6) is 0.683. The Morgan fingerprint density at radius 2 is 1.78 bits per heavy atom. The first kappa shape index (κ1) is 16.1. The van der Waals surface area contributed by atoms with E-state index in [1.54, 1.807) is 0 Å². The standard InChI is InChI=1S/C20H23ClN2/c1-13(2)10-12-23-15(4)14(3)18-9-11-22-19(20(18)23)16-5-7-17(21)8-6-16/h5-9,11,13H,10,12H2,1-4H3. The lowest BCUT2D eigenvalue weighted by Gasteiger charge is -2.13. The van der Waals surface area contributed by atoms with Gasteiger partial charge in [0.2, 0.25) is 0 Å². The highest BCUT2D eigenvalue weighted by molar-refractivity contribution is 6.30. The van der Waals surface area contributed by atoms with Crippen LogP contribution in [-0.4, -0.2) is 9.55 Å². The van der Waals surface area contributed by atoms with Crippen LogP contribution >= 0.6 is 11.6 Å². The lowest BCUT2D eigenvalue weighted by molar-refractivity contribution is 0.519. The summed E-state index contributed by atoms with van der Waals surface area (Å²) in [6.07, 6.45) is 3.07. The third-order valence-electron chi connectivity index (χ3n) is 4.59. The maximum absolute atomic E-state index is 6.04. The van der Waals surface area contributed by atoms with Crippen molar-refractivity contribution in [1.29, 1.82) is 0 Å². The van der Waals surface area contributed by atoms with Gasteiger partial charge in [-0.05, 0) is 49.9 Å². The molecule has 0 bridgehead atoms. The maximum atomic E-state index is 6.04. The molecule has 0 atom stereocenters. The largest absolute Gasteiger partial charge is 0.343 e. The second-order valence-electron chi connectivity index (χ2n) is 6.61. The maximum Gasteiger partial charge on any atom is 0.0944 e. The fraction of sp³-hybridized carbons (Fsp3) is 0.350. The molecule has 0 unspecified atom stereocenters. The number of rotatable bonds is 4. The van der Waals surface area contributed by atoms with Crippen molar-refractivity contribution < 1.29 is 0 Å². The topological polar surface area (TPSA) is 17.8 Å². The van der Waals surface area contributed by atoms with Crippen molar-refractivity contribution in [2.24, 2.45) is 5.92 Å². The summed E-state index contributed by atoms with van der Waals surface area (Å²) in [5, 5.41) is 2.05. The Morgan fingerprint density at radius 3 is 2.43 bits per heavy atom. The van der Waals surface area contributed by atoms with Crippen LogP contribution in [0.25, 0.3) is 22.2 Å². The summed E-state index contributed by atoms with van der Waals surface area (Å²) in [4.78, 5) is 4.69. The number of halogens is 1. The number of fused-ring (bicyclic) bond motifs is 1. The molecule has 0 saturated carbocycles. The molecule has 0 spiro atoms. The molecule has 0 radical (unpaired) electrons. The first-order valence-electron chi connectivity index (χ1n) is 8.19. The molecular weight excluding hydrogens is 304 g/mol. The van der Waals surface area contributed by atoms with Crippen molar-refractivity contribution in [3.8, 4) is 11.3 Å². The van der Waals surface area contributed by atoms with E-state index in [1.807, 2.05) is 18.3 Å². The van der Waals surface area contributed by atoms with Gasteiger partial charge in [-0.15, -0.1) is 0 Å². The van der Waals surface area contributed by atoms with Crippen LogP contribution in [0.1, 0.15) is 31.5 Å².